The maximum Gasteiger partial charge on any atom is 0.254 e. The molecule has 0 saturated carbocycles. The van der Waals surface area contributed by atoms with E-state index < -0.39 is 0 Å². The minimum Gasteiger partial charge on any atom is -0.378 e. The Morgan fingerprint density at radius 3 is 2.25 bits per heavy atom. The Hall–Kier alpha value is -1.35. The number of hydrogen-bond acceptors (Lipinski definition) is 2. The molecule has 0 atom stereocenters. The summed E-state index contributed by atoms with van der Waals surface area (Å²) in [5.74, 6) is 0.105. The van der Waals surface area contributed by atoms with E-state index in [-0.39, 0.29) is 5.91 Å². The zero-order valence-electron chi connectivity index (χ0n) is 9.98. The standard InChI is InChI=1S/C11H13NO2.C2H6/c13-11(10-4-2-1-3-5-10)12-6-8-14-9-7-12;1-2/h1-5H,6-9H2;1-2H3. The van der Waals surface area contributed by atoms with E-state index in [1.54, 1.807) is 0 Å². The summed E-state index contributed by atoms with van der Waals surface area (Å²) in [7, 11) is 0. The highest BCUT2D eigenvalue weighted by atomic mass is 16.5. The zero-order valence-corrected chi connectivity index (χ0v) is 9.98. The van der Waals surface area contributed by atoms with Gasteiger partial charge >= 0.3 is 0 Å². The molecule has 1 amide bonds. The molecular formula is C13H19NO2. The summed E-state index contributed by atoms with van der Waals surface area (Å²) in [5, 5.41) is 0. The maximum absolute atomic E-state index is 11.9. The lowest BCUT2D eigenvalue weighted by Crippen LogP contribution is -2.40. The molecule has 0 radical (unpaired) electrons. The molecule has 1 fully saturated rings. The van der Waals surface area contributed by atoms with Gasteiger partial charge in [0.05, 0.1) is 13.2 Å². The summed E-state index contributed by atoms with van der Waals surface area (Å²) in [6.45, 7) is 6.71. The second kappa shape index (κ2) is 7.01. The third-order valence-electron chi connectivity index (χ3n) is 2.32. The lowest BCUT2D eigenvalue weighted by molar-refractivity contribution is 0.0303. The molecule has 1 aliphatic heterocycles. The highest BCUT2D eigenvalue weighted by Gasteiger charge is 2.17. The van der Waals surface area contributed by atoms with Crippen molar-refractivity contribution in [2.24, 2.45) is 0 Å². The topological polar surface area (TPSA) is 29.5 Å². The van der Waals surface area contributed by atoms with E-state index >= 15 is 0 Å². The van der Waals surface area contributed by atoms with Crippen molar-refractivity contribution in [2.75, 3.05) is 26.3 Å². The van der Waals surface area contributed by atoms with Crippen LogP contribution < -0.4 is 0 Å². The number of hydrogen-bond donors (Lipinski definition) is 0. The second-order valence-corrected chi connectivity index (χ2v) is 3.27. The Bertz CT molecular complexity index is 305. The number of amides is 1. The van der Waals surface area contributed by atoms with Gasteiger partial charge < -0.3 is 9.64 Å². The number of benzene rings is 1. The Kier molecular flexibility index (Phi) is 5.57. The van der Waals surface area contributed by atoms with Crippen LogP contribution in [0.5, 0.6) is 0 Å². The summed E-state index contributed by atoms with van der Waals surface area (Å²) < 4.78 is 5.19. The van der Waals surface area contributed by atoms with Gasteiger partial charge in [0.1, 0.15) is 0 Å². The van der Waals surface area contributed by atoms with Crippen molar-refractivity contribution in [1.29, 1.82) is 0 Å². The van der Waals surface area contributed by atoms with E-state index in [1.165, 1.54) is 0 Å². The fraction of sp³-hybridized carbons (Fsp3) is 0.462. The number of carbonyl (C=O) groups is 1. The predicted octanol–water partition coefficient (Wildman–Crippen LogP) is 2.19. The molecular weight excluding hydrogens is 202 g/mol. The van der Waals surface area contributed by atoms with E-state index in [4.69, 9.17) is 4.74 Å². The van der Waals surface area contributed by atoms with Gasteiger partial charge in [0.15, 0.2) is 0 Å². The minimum absolute atomic E-state index is 0.105. The lowest BCUT2D eigenvalue weighted by Gasteiger charge is -2.26. The Morgan fingerprint density at radius 1 is 1.12 bits per heavy atom. The first-order valence-electron chi connectivity index (χ1n) is 5.80. The molecule has 88 valence electrons. The highest BCUT2D eigenvalue weighted by Crippen LogP contribution is 2.06. The molecule has 1 heterocycles. The van der Waals surface area contributed by atoms with Gasteiger partial charge in [-0.3, -0.25) is 4.79 Å². The zero-order chi connectivity index (χ0) is 11.8. The van der Waals surface area contributed by atoms with Gasteiger partial charge in [0.25, 0.3) is 5.91 Å². The molecule has 1 aromatic carbocycles. The quantitative estimate of drug-likeness (QED) is 0.727. The number of morpholine rings is 1. The van der Waals surface area contributed by atoms with Gasteiger partial charge in [-0.15, -0.1) is 0 Å². The van der Waals surface area contributed by atoms with E-state index in [2.05, 4.69) is 0 Å². The molecule has 3 nitrogen and oxygen atoms in total. The highest BCUT2D eigenvalue weighted by molar-refractivity contribution is 5.94. The Balaban J connectivity index is 0.000000606. The Labute approximate surface area is 97.0 Å². The van der Waals surface area contributed by atoms with Gasteiger partial charge in [-0.1, -0.05) is 32.0 Å². The van der Waals surface area contributed by atoms with E-state index in [0.717, 1.165) is 5.56 Å². The molecule has 3 heteroatoms. The van der Waals surface area contributed by atoms with Crippen LogP contribution in [0.2, 0.25) is 0 Å². The van der Waals surface area contributed by atoms with Crippen molar-refractivity contribution in [2.45, 2.75) is 13.8 Å². The first kappa shape index (κ1) is 12.7. The second-order valence-electron chi connectivity index (χ2n) is 3.27. The van der Waals surface area contributed by atoms with Gasteiger partial charge in [-0.05, 0) is 12.1 Å². The fourth-order valence-electron chi connectivity index (χ4n) is 1.53. The van der Waals surface area contributed by atoms with E-state index in [0.29, 0.717) is 26.3 Å². The predicted molar refractivity (Wildman–Crippen MR) is 64.5 cm³/mol. The number of carbonyl (C=O) groups excluding carboxylic acids is 1. The molecule has 0 aromatic heterocycles. The first-order chi connectivity index (χ1) is 7.88. The van der Waals surface area contributed by atoms with Crippen LogP contribution in [0, 0.1) is 0 Å². The van der Waals surface area contributed by atoms with Crippen LogP contribution in [-0.2, 0) is 4.74 Å². The molecule has 2 rings (SSSR count). The van der Waals surface area contributed by atoms with Crippen LogP contribution in [0.4, 0.5) is 0 Å². The average molecular weight is 221 g/mol. The summed E-state index contributed by atoms with van der Waals surface area (Å²) in [6.07, 6.45) is 0. The number of ether oxygens (including phenoxy) is 1. The van der Waals surface area contributed by atoms with E-state index in [1.807, 2.05) is 49.1 Å². The SMILES string of the molecule is CC.O=C(c1ccccc1)N1CCOCC1. The third kappa shape index (κ3) is 3.35. The summed E-state index contributed by atoms with van der Waals surface area (Å²) >= 11 is 0. The monoisotopic (exact) mass is 221 g/mol. The van der Waals surface area contributed by atoms with Crippen LogP contribution in [0.15, 0.2) is 30.3 Å². The largest absolute Gasteiger partial charge is 0.378 e. The molecule has 0 unspecified atom stereocenters. The van der Waals surface area contributed by atoms with Crippen molar-refractivity contribution in [3.05, 3.63) is 35.9 Å². The molecule has 0 aliphatic carbocycles. The smallest absolute Gasteiger partial charge is 0.254 e. The molecule has 0 N–H and O–H groups in total. The van der Waals surface area contributed by atoms with Crippen molar-refractivity contribution < 1.29 is 9.53 Å². The lowest BCUT2D eigenvalue weighted by atomic mass is 10.2. The van der Waals surface area contributed by atoms with E-state index in [9.17, 15) is 4.79 Å². The summed E-state index contributed by atoms with van der Waals surface area (Å²) in [5.41, 5.74) is 0.759. The molecule has 0 bridgehead atoms. The van der Waals surface area contributed by atoms with Crippen LogP contribution in [0.3, 0.4) is 0 Å². The fourth-order valence-corrected chi connectivity index (χ4v) is 1.53. The van der Waals surface area contributed by atoms with Crippen LogP contribution in [0.1, 0.15) is 24.2 Å². The van der Waals surface area contributed by atoms with Crippen molar-refractivity contribution in [1.82, 2.24) is 4.90 Å². The van der Waals surface area contributed by atoms with Gasteiger partial charge in [-0.2, -0.15) is 0 Å². The average Bonchev–Trinajstić information content (AvgIpc) is 2.42. The number of nitrogens with zero attached hydrogens (tertiary/aromatic N) is 1. The molecule has 1 saturated heterocycles. The molecule has 1 aromatic rings. The normalized spacial score (nSPS) is 15.0. The van der Waals surface area contributed by atoms with Crippen LogP contribution >= 0.6 is 0 Å². The van der Waals surface area contributed by atoms with Crippen molar-refractivity contribution in [3.63, 3.8) is 0 Å². The first-order valence-corrected chi connectivity index (χ1v) is 5.80. The van der Waals surface area contributed by atoms with Crippen molar-refractivity contribution >= 4 is 5.91 Å². The van der Waals surface area contributed by atoms with Crippen LogP contribution in [-0.4, -0.2) is 37.1 Å². The number of rotatable bonds is 1. The molecule has 0 spiro atoms. The molecule has 1 aliphatic rings. The van der Waals surface area contributed by atoms with Crippen LogP contribution in [0.25, 0.3) is 0 Å². The van der Waals surface area contributed by atoms with Gasteiger partial charge in [0.2, 0.25) is 0 Å². The Morgan fingerprint density at radius 2 is 1.69 bits per heavy atom. The summed E-state index contributed by atoms with van der Waals surface area (Å²) in [4.78, 5) is 13.7. The van der Waals surface area contributed by atoms with Crippen molar-refractivity contribution in [3.8, 4) is 0 Å². The maximum atomic E-state index is 11.9. The third-order valence-corrected chi connectivity index (χ3v) is 2.32. The minimum atomic E-state index is 0.105. The van der Waals surface area contributed by atoms with Gasteiger partial charge in [0, 0.05) is 18.7 Å². The van der Waals surface area contributed by atoms with Gasteiger partial charge in [-0.25, -0.2) is 0 Å². The molecule has 16 heavy (non-hydrogen) atoms. The summed E-state index contributed by atoms with van der Waals surface area (Å²) in [6, 6.07) is 9.37.